The molecule has 11 heteroatoms. The molecule has 31 heavy (non-hydrogen) atoms. The van der Waals surface area contributed by atoms with Gasteiger partial charge in [-0.05, 0) is 36.8 Å². The van der Waals surface area contributed by atoms with Crippen molar-refractivity contribution >= 4 is 15.8 Å². The highest BCUT2D eigenvalue weighted by molar-refractivity contribution is 7.90. The molecule has 0 spiro atoms. The summed E-state index contributed by atoms with van der Waals surface area (Å²) < 4.78 is 71.1. The van der Waals surface area contributed by atoms with Gasteiger partial charge in [0, 0.05) is 29.8 Å². The maximum absolute atomic E-state index is 14.1. The molecule has 0 saturated carbocycles. The first-order chi connectivity index (χ1) is 14.5. The van der Waals surface area contributed by atoms with Gasteiger partial charge in [0.25, 0.3) is 0 Å². The minimum atomic E-state index is -4.85. The lowest BCUT2D eigenvalue weighted by atomic mass is 9.99. The highest BCUT2D eigenvalue weighted by Gasteiger charge is 2.41. The van der Waals surface area contributed by atoms with E-state index >= 15 is 0 Å². The summed E-state index contributed by atoms with van der Waals surface area (Å²) in [6.07, 6.45) is -1.04. The Kier molecular flexibility index (Phi) is 6.16. The normalized spacial score (nSPS) is 12.0. The minimum Gasteiger partial charge on any atom is -0.465 e. The lowest BCUT2D eigenvalue weighted by molar-refractivity contribution is -0.149. The zero-order valence-corrected chi connectivity index (χ0v) is 17.4. The first-order valence-corrected chi connectivity index (χ1v) is 11.0. The van der Waals surface area contributed by atoms with Crippen LogP contribution in [0.4, 0.5) is 13.2 Å². The van der Waals surface area contributed by atoms with E-state index in [2.05, 4.69) is 10.1 Å². The number of esters is 1. The van der Waals surface area contributed by atoms with Gasteiger partial charge in [0.1, 0.15) is 12.2 Å². The number of alkyl halides is 3. The lowest BCUT2D eigenvalue weighted by Crippen LogP contribution is -2.21. The lowest BCUT2D eigenvalue weighted by Gasteiger charge is -2.13. The van der Waals surface area contributed by atoms with Gasteiger partial charge in [-0.3, -0.25) is 9.78 Å². The molecule has 2 heterocycles. The SMILES string of the molecule is CCOC(=O)Cn1nc(-c2ccncc2)c(-c2ccc(S(C)(=O)=O)cc2)c1C(F)(F)F. The fourth-order valence-corrected chi connectivity index (χ4v) is 3.68. The van der Waals surface area contributed by atoms with Gasteiger partial charge in [0.05, 0.1) is 11.5 Å². The van der Waals surface area contributed by atoms with Crippen LogP contribution in [0.2, 0.25) is 0 Å². The van der Waals surface area contributed by atoms with Crippen LogP contribution in [0, 0.1) is 0 Å². The number of pyridine rings is 1. The van der Waals surface area contributed by atoms with Gasteiger partial charge in [0.15, 0.2) is 15.5 Å². The molecule has 0 amide bonds. The van der Waals surface area contributed by atoms with Crippen molar-refractivity contribution in [3.8, 4) is 22.4 Å². The number of sulfone groups is 1. The number of hydrogen-bond acceptors (Lipinski definition) is 6. The van der Waals surface area contributed by atoms with Crippen LogP contribution in [0.15, 0.2) is 53.7 Å². The van der Waals surface area contributed by atoms with Crippen LogP contribution < -0.4 is 0 Å². The zero-order valence-electron chi connectivity index (χ0n) is 16.5. The second-order valence-electron chi connectivity index (χ2n) is 6.57. The molecule has 0 radical (unpaired) electrons. The topological polar surface area (TPSA) is 91.2 Å². The van der Waals surface area contributed by atoms with E-state index in [1.807, 2.05) is 0 Å². The van der Waals surface area contributed by atoms with Gasteiger partial charge in [-0.15, -0.1) is 0 Å². The monoisotopic (exact) mass is 453 g/mol. The molecule has 0 saturated heterocycles. The number of carbonyl (C=O) groups is 1. The van der Waals surface area contributed by atoms with Crippen LogP contribution in [0.3, 0.4) is 0 Å². The van der Waals surface area contributed by atoms with E-state index in [4.69, 9.17) is 4.74 Å². The first-order valence-electron chi connectivity index (χ1n) is 9.07. The van der Waals surface area contributed by atoms with Crippen LogP contribution in [0.1, 0.15) is 12.6 Å². The highest BCUT2D eigenvalue weighted by Crippen LogP contribution is 2.42. The van der Waals surface area contributed by atoms with Gasteiger partial charge in [-0.25, -0.2) is 13.1 Å². The molecule has 0 unspecified atom stereocenters. The van der Waals surface area contributed by atoms with E-state index < -0.39 is 34.2 Å². The van der Waals surface area contributed by atoms with Crippen molar-refractivity contribution in [3.05, 3.63) is 54.5 Å². The van der Waals surface area contributed by atoms with E-state index in [9.17, 15) is 26.4 Å². The summed E-state index contributed by atoms with van der Waals surface area (Å²) in [6, 6.07) is 7.99. The van der Waals surface area contributed by atoms with E-state index in [0.717, 1.165) is 6.26 Å². The number of hydrogen-bond donors (Lipinski definition) is 0. The van der Waals surface area contributed by atoms with Crippen molar-refractivity contribution in [3.63, 3.8) is 0 Å². The molecular weight excluding hydrogens is 435 g/mol. The number of ether oxygens (including phenoxy) is 1. The van der Waals surface area contributed by atoms with Crippen molar-refractivity contribution < 1.29 is 31.1 Å². The predicted molar refractivity (Wildman–Crippen MR) is 106 cm³/mol. The van der Waals surface area contributed by atoms with Crippen molar-refractivity contribution in [2.75, 3.05) is 12.9 Å². The van der Waals surface area contributed by atoms with Crippen LogP contribution in [0.25, 0.3) is 22.4 Å². The Morgan fingerprint density at radius 1 is 1.06 bits per heavy atom. The average Bonchev–Trinajstić information content (AvgIpc) is 3.07. The van der Waals surface area contributed by atoms with Crippen LogP contribution >= 0.6 is 0 Å². The predicted octanol–water partition coefficient (Wildman–Crippen LogP) is 3.60. The van der Waals surface area contributed by atoms with Crippen LogP contribution in [-0.2, 0) is 32.1 Å². The number of halogens is 3. The molecule has 7 nitrogen and oxygen atoms in total. The molecular formula is C20H18F3N3O4S. The molecule has 1 aromatic carbocycles. The molecule has 0 N–H and O–H groups in total. The zero-order chi connectivity index (χ0) is 22.8. The maximum Gasteiger partial charge on any atom is 0.433 e. The Morgan fingerprint density at radius 3 is 2.19 bits per heavy atom. The van der Waals surface area contributed by atoms with Crippen molar-refractivity contribution in [2.24, 2.45) is 0 Å². The van der Waals surface area contributed by atoms with Crippen molar-refractivity contribution in [1.82, 2.24) is 14.8 Å². The number of benzene rings is 1. The van der Waals surface area contributed by atoms with Crippen LogP contribution in [-0.4, -0.2) is 42.0 Å². The van der Waals surface area contributed by atoms with Gasteiger partial charge in [-0.2, -0.15) is 18.3 Å². The molecule has 0 bridgehead atoms. The summed E-state index contributed by atoms with van der Waals surface area (Å²) in [7, 11) is -3.53. The summed E-state index contributed by atoms with van der Waals surface area (Å²) in [5.41, 5.74) is -0.986. The number of nitrogens with zero attached hydrogens (tertiary/aromatic N) is 3. The van der Waals surface area contributed by atoms with Crippen molar-refractivity contribution in [2.45, 2.75) is 24.5 Å². The smallest absolute Gasteiger partial charge is 0.433 e. The Hall–Kier alpha value is -3.21. The highest BCUT2D eigenvalue weighted by atomic mass is 32.2. The molecule has 0 atom stereocenters. The second-order valence-corrected chi connectivity index (χ2v) is 8.58. The molecule has 0 aliphatic carbocycles. The fourth-order valence-electron chi connectivity index (χ4n) is 3.05. The summed E-state index contributed by atoms with van der Waals surface area (Å²) in [5.74, 6) is -0.865. The van der Waals surface area contributed by atoms with Gasteiger partial charge >= 0.3 is 12.1 Å². The van der Waals surface area contributed by atoms with Crippen molar-refractivity contribution in [1.29, 1.82) is 0 Å². The van der Waals surface area contributed by atoms with Gasteiger partial charge in [-0.1, -0.05) is 12.1 Å². The maximum atomic E-state index is 14.1. The van der Waals surface area contributed by atoms with E-state index in [0.29, 0.717) is 10.2 Å². The van der Waals surface area contributed by atoms with Crippen LogP contribution in [0.5, 0.6) is 0 Å². The third kappa shape index (κ3) is 4.93. The Bertz CT molecular complexity index is 1190. The molecule has 3 rings (SSSR count). The van der Waals surface area contributed by atoms with E-state index in [-0.39, 0.29) is 28.3 Å². The molecule has 0 aliphatic rings. The minimum absolute atomic E-state index is 0.0124. The quantitative estimate of drug-likeness (QED) is 0.530. The molecule has 164 valence electrons. The Balaban J connectivity index is 2.28. The fraction of sp³-hybridized carbons (Fsp3) is 0.250. The third-order valence-electron chi connectivity index (χ3n) is 4.33. The first kappa shape index (κ1) is 22.5. The Morgan fingerprint density at radius 2 is 1.68 bits per heavy atom. The summed E-state index contributed by atoms with van der Waals surface area (Å²) >= 11 is 0. The van der Waals surface area contributed by atoms with Gasteiger partial charge < -0.3 is 4.74 Å². The Labute approximate surface area is 176 Å². The number of aromatic nitrogens is 3. The van der Waals surface area contributed by atoms with E-state index in [1.165, 1.54) is 48.8 Å². The number of carbonyl (C=O) groups excluding carboxylic acids is 1. The molecule has 3 aromatic rings. The largest absolute Gasteiger partial charge is 0.465 e. The summed E-state index contributed by atoms with van der Waals surface area (Å²) in [5, 5.41) is 4.07. The molecule has 2 aromatic heterocycles. The standard InChI is InChI=1S/C20H18F3N3O4S/c1-3-30-16(27)12-26-19(20(21,22)23)17(18(25-26)14-8-10-24-11-9-14)13-4-6-15(7-5-13)31(2,28)29/h4-11H,3,12H2,1-2H3. The average molecular weight is 453 g/mol. The van der Waals surface area contributed by atoms with E-state index in [1.54, 1.807) is 6.92 Å². The van der Waals surface area contributed by atoms with Gasteiger partial charge in [0.2, 0.25) is 0 Å². The summed E-state index contributed by atoms with van der Waals surface area (Å²) in [4.78, 5) is 15.7. The number of rotatable bonds is 6. The second kappa shape index (κ2) is 8.50. The molecule has 0 aliphatic heterocycles. The molecule has 0 fully saturated rings. The summed E-state index contributed by atoms with van der Waals surface area (Å²) in [6.45, 7) is 0.823. The third-order valence-corrected chi connectivity index (χ3v) is 5.46.